The van der Waals surface area contributed by atoms with Gasteiger partial charge in [0.05, 0.1) is 0 Å². The van der Waals surface area contributed by atoms with E-state index in [1.807, 2.05) is 11.3 Å². The molecule has 252 valence electrons. The van der Waals surface area contributed by atoms with Crippen molar-refractivity contribution in [3.63, 3.8) is 0 Å². The summed E-state index contributed by atoms with van der Waals surface area (Å²) in [7, 11) is 0. The van der Waals surface area contributed by atoms with Crippen LogP contribution in [0.2, 0.25) is 0 Å². The number of hydrogen-bond donors (Lipinski definition) is 0. The van der Waals surface area contributed by atoms with Crippen LogP contribution in [0.25, 0.3) is 108 Å². The Morgan fingerprint density at radius 2 is 0.759 bits per heavy atom. The van der Waals surface area contributed by atoms with Crippen molar-refractivity contribution in [3.05, 3.63) is 176 Å². The van der Waals surface area contributed by atoms with Gasteiger partial charge in [0.25, 0.3) is 0 Å². The molecule has 0 bridgehead atoms. The molecular formula is C49H29N3S2. The normalized spacial score (nSPS) is 11.7. The zero-order valence-electron chi connectivity index (χ0n) is 28.9. The lowest BCUT2D eigenvalue weighted by Gasteiger charge is -2.14. The van der Waals surface area contributed by atoms with Crippen LogP contribution < -0.4 is 0 Å². The average Bonchev–Trinajstić information content (AvgIpc) is 3.82. The highest BCUT2D eigenvalue weighted by molar-refractivity contribution is 7.26. The highest BCUT2D eigenvalue weighted by Crippen LogP contribution is 2.42. The van der Waals surface area contributed by atoms with Gasteiger partial charge >= 0.3 is 0 Å². The lowest BCUT2D eigenvalue weighted by Crippen LogP contribution is -2.01. The minimum atomic E-state index is 0.645. The first-order valence-electron chi connectivity index (χ1n) is 18.0. The lowest BCUT2D eigenvalue weighted by atomic mass is 9.95. The molecule has 11 rings (SSSR count). The molecule has 3 aromatic heterocycles. The van der Waals surface area contributed by atoms with Crippen LogP contribution in [0.4, 0.5) is 0 Å². The summed E-state index contributed by atoms with van der Waals surface area (Å²) >= 11 is 3.64. The molecule has 0 aliphatic rings. The van der Waals surface area contributed by atoms with Crippen molar-refractivity contribution < 1.29 is 0 Å². The summed E-state index contributed by atoms with van der Waals surface area (Å²) in [5.41, 5.74) is 7.53. The Hall–Kier alpha value is -6.53. The second-order valence-electron chi connectivity index (χ2n) is 13.6. The largest absolute Gasteiger partial charge is 0.208 e. The monoisotopic (exact) mass is 723 g/mol. The van der Waals surface area contributed by atoms with E-state index in [0.717, 1.165) is 33.2 Å². The molecule has 0 saturated carbocycles. The maximum atomic E-state index is 5.32. The van der Waals surface area contributed by atoms with E-state index in [4.69, 9.17) is 15.0 Å². The van der Waals surface area contributed by atoms with Gasteiger partial charge in [0.2, 0.25) is 0 Å². The van der Waals surface area contributed by atoms with Gasteiger partial charge in [-0.25, -0.2) is 15.0 Å². The molecule has 0 N–H and O–H groups in total. The molecule has 0 radical (unpaired) electrons. The van der Waals surface area contributed by atoms with Gasteiger partial charge in [0.15, 0.2) is 17.5 Å². The molecule has 0 fully saturated rings. The molecule has 0 aliphatic heterocycles. The predicted octanol–water partition coefficient (Wildman–Crippen LogP) is 14.1. The maximum Gasteiger partial charge on any atom is 0.165 e. The van der Waals surface area contributed by atoms with Crippen molar-refractivity contribution in [2.75, 3.05) is 0 Å². The fourth-order valence-electron chi connectivity index (χ4n) is 7.72. The standard InChI is InChI=1S/C49H29N3S2/c1-2-12-30(13-3-1)41-28-33-14-4-5-15-34(33)29-42(41)49-51-47(50-48(52-49)40-21-11-20-39-37-17-7-9-23-44(37)54-46(39)40)32-26-24-31(25-27-32)35-18-10-19-38-36-16-6-8-22-43(36)53-45(35)38/h1-29H. The van der Waals surface area contributed by atoms with Gasteiger partial charge in [-0.05, 0) is 63.4 Å². The van der Waals surface area contributed by atoms with Crippen LogP contribution in [0, 0.1) is 0 Å². The molecule has 0 saturated heterocycles. The number of thiophene rings is 2. The SMILES string of the molecule is c1ccc(-c2cc3ccccc3cc2-c2nc(-c3ccc(-c4cccc5c4sc4ccccc45)cc3)nc(-c3cccc4c3sc3ccccc34)n2)cc1. The zero-order valence-corrected chi connectivity index (χ0v) is 30.5. The average molecular weight is 724 g/mol. The molecule has 3 nitrogen and oxygen atoms in total. The van der Waals surface area contributed by atoms with E-state index >= 15 is 0 Å². The smallest absolute Gasteiger partial charge is 0.165 e. The van der Waals surface area contributed by atoms with Crippen LogP contribution in [-0.4, -0.2) is 15.0 Å². The maximum absolute atomic E-state index is 5.32. The summed E-state index contributed by atoms with van der Waals surface area (Å²) in [6, 6.07) is 62.6. The molecule has 0 unspecified atom stereocenters. The lowest BCUT2D eigenvalue weighted by molar-refractivity contribution is 1.08. The van der Waals surface area contributed by atoms with E-state index in [1.54, 1.807) is 11.3 Å². The van der Waals surface area contributed by atoms with Crippen LogP contribution >= 0.6 is 22.7 Å². The Bertz CT molecular complexity index is 3210. The number of fused-ring (bicyclic) bond motifs is 7. The molecular weight excluding hydrogens is 695 g/mol. The quantitative estimate of drug-likeness (QED) is 0.177. The van der Waals surface area contributed by atoms with Crippen LogP contribution in [-0.2, 0) is 0 Å². The molecule has 0 spiro atoms. The van der Waals surface area contributed by atoms with Gasteiger partial charge in [-0.15, -0.1) is 22.7 Å². The van der Waals surface area contributed by atoms with Gasteiger partial charge in [-0.3, -0.25) is 0 Å². The summed E-state index contributed by atoms with van der Waals surface area (Å²) < 4.78 is 5.03. The predicted molar refractivity (Wildman–Crippen MR) is 230 cm³/mol. The van der Waals surface area contributed by atoms with Gasteiger partial charge in [-0.2, -0.15) is 0 Å². The van der Waals surface area contributed by atoms with Crippen molar-refractivity contribution >= 4 is 73.8 Å². The van der Waals surface area contributed by atoms with Crippen molar-refractivity contribution in [3.8, 4) is 56.4 Å². The summed E-state index contributed by atoms with van der Waals surface area (Å²) in [4.78, 5) is 15.9. The second-order valence-corrected chi connectivity index (χ2v) is 15.7. The number of aromatic nitrogens is 3. The Morgan fingerprint density at radius 3 is 1.43 bits per heavy atom. The highest BCUT2D eigenvalue weighted by Gasteiger charge is 2.20. The second kappa shape index (κ2) is 12.6. The topological polar surface area (TPSA) is 38.7 Å². The Balaban J connectivity index is 1.12. The van der Waals surface area contributed by atoms with Crippen LogP contribution in [0.15, 0.2) is 176 Å². The fraction of sp³-hybridized carbons (Fsp3) is 0. The number of rotatable bonds is 5. The molecule has 54 heavy (non-hydrogen) atoms. The van der Waals surface area contributed by atoms with Gasteiger partial charge in [-0.1, -0.05) is 146 Å². The summed E-state index contributed by atoms with van der Waals surface area (Å²) in [5, 5.41) is 7.38. The third-order valence-electron chi connectivity index (χ3n) is 10.4. The Kier molecular flexibility index (Phi) is 7.22. The van der Waals surface area contributed by atoms with Crippen LogP contribution in [0.5, 0.6) is 0 Å². The summed E-state index contributed by atoms with van der Waals surface area (Å²) in [6.45, 7) is 0. The van der Waals surface area contributed by atoms with Crippen LogP contribution in [0.1, 0.15) is 0 Å². The minimum Gasteiger partial charge on any atom is -0.208 e. The first kappa shape index (κ1) is 31.0. The molecule has 8 aromatic carbocycles. The molecule has 0 aliphatic carbocycles. The summed E-state index contributed by atoms with van der Waals surface area (Å²) in [5.74, 6) is 1.96. The van der Waals surface area contributed by atoms with Crippen molar-refractivity contribution in [1.82, 2.24) is 15.0 Å². The van der Waals surface area contributed by atoms with E-state index < -0.39 is 0 Å². The van der Waals surface area contributed by atoms with E-state index in [-0.39, 0.29) is 0 Å². The minimum absolute atomic E-state index is 0.645. The number of nitrogens with zero attached hydrogens (tertiary/aromatic N) is 3. The number of hydrogen-bond acceptors (Lipinski definition) is 5. The van der Waals surface area contributed by atoms with Crippen LogP contribution in [0.3, 0.4) is 0 Å². The Morgan fingerprint density at radius 1 is 0.296 bits per heavy atom. The first-order valence-corrected chi connectivity index (χ1v) is 19.6. The number of benzene rings is 8. The molecule has 11 aromatic rings. The van der Waals surface area contributed by atoms with Gasteiger partial charge in [0.1, 0.15) is 0 Å². The van der Waals surface area contributed by atoms with E-state index in [1.165, 1.54) is 56.9 Å². The van der Waals surface area contributed by atoms with Crippen molar-refractivity contribution in [1.29, 1.82) is 0 Å². The molecule has 3 heterocycles. The molecule has 0 amide bonds. The van der Waals surface area contributed by atoms with E-state index in [9.17, 15) is 0 Å². The first-order chi connectivity index (χ1) is 26.7. The Labute approximate surface area is 319 Å². The molecule has 0 atom stereocenters. The highest BCUT2D eigenvalue weighted by atomic mass is 32.1. The van der Waals surface area contributed by atoms with Crippen molar-refractivity contribution in [2.24, 2.45) is 0 Å². The van der Waals surface area contributed by atoms with Gasteiger partial charge < -0.3 is 0 Å². The molecule has 5 heteroatoms. The van der Waals surface area contributed by atoms with E-state index in [0.29, 0.717) is 17.5 Å². The fourth-order valence-corrected chi connectivity index (χ4v) is 10.2. The summed E-state index contributed by atoms with van der Waals surface area (Å²) in [6.07, 6.45) is 0. The third kappa shape index (κ3) is 5.12. The zero-order chi connectivity index (χ0) is 35.6. The van der Waals surface area contributed by atoms with Crippen molar-refractivity contribution in [2.45, 2.75) is 0 Å². The van der Waals surface area contributed by atoms with Gasteiger partial charge in [0, 0.05) is 57.0 Å². The van der Waals surface area contributed by atoms with E-state index in [2.05, 4.69) is 176 Å². The third-order valence-corrected chi connectivity index (χ3v) is 12.8.